The van der Waals surface area contributed by atoms with Gasteiger partial charge in [0.05, 0.1) is 11.3 Å². The quantitative estimate of drug-likeness (QED) is 0.597. The van der Waals surface area contributed by atoms with Gasteiger partial charge in [0.15, 0.2) is 4.34 Å². The highest BCUT2D eigenvalue weighted by Gasteiger charge is 2.20. The molecule has 3 rings (SSSR count). The molecule has 0 radical (unpaired) electrons. The molecule has 28 heavy (non-hydrogen) atoms. The smallest absolute Gasteiger partial charge is 0.235 e. The van der Waals surface area contributed by atoms with Crippen LogP contribution in [0.1, 0.15) is 22.4 Å². The first-order valence-electron chi connectivity index (χ1n) is 8.25. The molecule has 0 saturated carbocycles. The number of hydrogen-bond donors (Lipinski definition) is 2. The SMILES string of the molecule is Cc1c(C#N)c(NC(=O)CSc2nnc(N)s2)n(Cc2ccc(F)cc2)c1C. The molecule has 0 atom stereocenters. The fourth-order valence-electron chi connectivity index (χ4n) is 2.67. The number of thioether (sulfide) groups is 1. The van der Waals surface area contributed by atoms with Gasteiger partial charge in [0, 0.05) is 12.2 Å². The molecular formula is C18H17FN6OS2. The molecule has 0 spiro atoms. The van der Waals surface area contributed by atoms with Gasteiger partial charge in [-0.15, -0.1) is 10.2 Å². The first-order chi connectivity index (χ1) is 13.4. The zero-order valence-corrected chi connectivity index (χ0v) is 16.8. The van der Waals surface area contributed by atoms with Gasteiger partial charge in [-0.1, -0.05) is 35.2 Å². The Morgan fingerprint density at radius 1 is 1.36 bits per heavy atom. The normalized spacial score (nSPS) is 10.6. The van der Waals surface area contributed by atoms with Gasteiger partial charge in [0.1, 0.15) is 17.7 Å². The minimum Gasteiger partial charge on any atom is -0.374 e. The second-order valence-corrected chi connectivity index (χ2v) is 8.23. The molecule has 0 aliphatic carbocycles. The molecular weight excluding hydrogens is 399 g/mol. The monoisotopic (exact) mass is 416 g/mol. The van der Waals surface area contributed by atoms with Crippen LogP contribution in [0.2, 0.25) is 0 Å². The van der Waals surface area contributed by atoms with Gasteiger partial charge in [-0.25, -0.2) is 4.39 Å². The maximum absolute atomic E-state index is 13.2. The fraction of sp³-hybridized carbons (Fsp3) is 0.222. The number of anilines is 2. The number of benzene rings is 1. The first-order valence-corrected chi connectivity index (χ1v) is 10.0. The number of carbonyl (C=O) groups is 1. The minimum absolute atomic E-state index is 0.110. The van der Waals surface area contributed by atoms with Crippen molar-refractivity contribution in [3.63, 3.8) is 0 Å². The van der Waals surface area contributed by atoms with Gasteiger partial charge in [0.2, 0.25) is 11.0 Å². The van der Waals surface area contributed by atoms with Crippen molar-refractivity contribution in [2.45, 2.75) is 24.7 Å². The number of nitrogens with two attached hydrogens (primary N) is 1. The Kier molecular flexibility index (Phi) is 5.96. The van der Waals surface area contributed by atoms with Gasteiger partial charge in [0.25, 0.3) is 0 Å². The van der Waals surface area contributed by atoms with E-state index in [4.69, 9.17) is 5.73 Å². The summed E-state index contributed by atoms with van der Waals surface area (Å²) < 4.78 is 15.6. The number of nitrogens with one attached hydrogen (secondary N) is 1. The van der Waals surface area contributed by atoms with E-state index in [0.29, 0.717) is 27.4 Å². The van der Waals surface area contributed by atoms with E-state index in [1.165, 1.54) is 35.2 Å². The van der Waals surface area contributed by atoms with Crippen LogP contribution in [0, 0.1) is 31.0 Å². The molecule has 1 amide bonds. The summed E-state index contributed by atoms with van der Waals surface area (Å²) in [6, 6.07) is 8.29. The highest BCUT2D eigenvalue weighted by Crippen LogP contribution is 2.28. The summed E-state index contributed by atoms with van der Waals surface area (Å²) in [6.45, 7) is 4.13. The Labute approximate surface area is 169 Å². The first kappa shape index (κ1) is 19.9. The summed E-state index contributed by atoms with van der Waals surface area (Å²) in [5.74, 6) is -0.0404. The zero-order valence-electron chi connectivity index (χ0n) is 15.2. The van der Waals surface area contributed by atoms with Crippen molar-refractivity contribution in [1.29, 1.82) is 5.26 Å². The average molecular weight is 417 g/mol. The van der Waals surface area contributed by atoms with E-state index >= 15 is 0 Å². The number of amides is 1. The second kappa shape index (κ2) is 8.41. The number of carbonyl (C=O) groups excluding carboxylic acids is 1. The molecule has 2 aromatic heterocycles. The average Bonchev–Trinajstić information content (AvgIpc) is 3.18. The molecule has 0 aliphatic rings. The molecule has 3 N–H and O–H groups in total. The van der Waals surface area contributed by atoms with Crippen LogP contribution in [0.3, 0.4) is 0 Å². The van der Waals surface area contributed by atoms with E-state index in [2.05, 4.69) is 21.6 Å². The molecule has 0 fully saturated rings. The number of nitrogen functional groups attached to an aromatic ring is 1. The number of hydrogen-bond acceptors (Lipinski definition) is 7. The van der Waals surface area contributed by atoms with Crippen molar-refractivity contribution in [2.75, 3.05) is 16.8 Å². The maximum atomic E-state index is 13.2. The van der Waals surface area contributed by atoms with Crippen LogP contribution in [0.15, 0.2) is 28.6 Å². The van der Waals surface area contributed by atoms with E-state index in [9.17, 15) is 14.4 Å². The Bertz CT molecular complexity index is 1050. The number of rotatable bonds is 6. The van der Waals surface area contributed by atoms with E-state index in [1.54, 1.807) is 12.1 Å². The van der Waals surface area contributed by atoms with Crippen molar-refractivity contribution in [3.05, 3.63) is 52.5 Å². The molecule has 0 unspecified atom stereocenters. The third kappa shape index (κ3) is 4.32. The molecule has 0 bridgehead atoms. The molecule has 2 heterocycles. The van der Waals surface area contributed by atoms with Crippen molar-refractivity contribution in [2.24, 2.45) is 0 Å². The number of aromatic nitrogens is 3. The van der Waals surface area contributed by atoms with Gasteiger partial charge in [-0.3, -0.25) is 4.79 Å². The molecule has 0 aliphatic heterocycles. The van der Waals surface area contributed by atoms with E-state index in [1.807, 2.05) is 18.4 Å². The van der Waals surface area contributed by atoms with E-state index in [0.717, 1.165) is 16.8 Å². The number of nitriles is 1. The van der Waals surface area contributed by atoms with Gasteiger partial charge >= 0.3 is 0 Å². The number of halogens is 1. The summed E-state index contributed by atoms with van der Waals surface area (Å²) in [6.07, 6.45) is 0. The van der Waals surface area contributed by atoms with Crippen LogP contribution in [0.25, 0.3) is 0 Å². The lowest BCUT2D eigenvalue weighted by Gasteiger charge is -2.13. The van der Waals surface area contributed by atoms with Crippen LogP contribution in [-0.2, 0) is 11.3 Å². The molecule has 144 valence electrons. The van der Waals surface area contributed by atoms with Crippen molar-refractivity contribution in [3.8, 4) is 6.07 Å². The summed E-state index contributed by atoms with van der Waals surface area (Å²) in [4.78, 5) is 12.5. The predicted molar refractivity (Wildman–Crippen MR) is 108 cm³/mol. The summed E-state index contributed by atoms with van der Waals surface area (Å²) in [5, 5.41) is 20.3. The highest BCUT2D eigenvalue weighted by atomic mass is 32.2. The third-order valence-electron chi connectivity index (χ3n) is 4.20. The van der Waals surface area contributed by atoms with Crippen LogP contribution in [0.4, 0.5) is 15.3 Å². The van der Waals surface area contributed by atoms with Crippen LogP contribution in [0.5, 0.6) is 0 Å². The predicted octanol–water partition coefficient (Wildman–Crippen LogP) is 3.33. The molecule has 3 aromatic rings. The van der Waals surface area contributed by atoms with Gasteiger partial charge in [-0.05, 0) is 37.1 Å². The summed E-state index contributed by atoms with van der Waals surface area (Å²) in [5.41, 5.74) is 8.47. The largest absolute Gasteiger partial charge is 0.374 e. The molecule has 1 aromatic carbocycles. The number of nitrogens with zero attached hydrogens (tertiary/aromatic N) is 4. The molecule has 10 heteroatoms. The third-order valence-corrected chi connectivity index (χ3v) is 6.09. The van der Waals surface area contributed by atoms with Crippen LogP contribution in [-0.4, -0.2) is 26.4 Å². The highest BCUT2D eigenvalue weighted by molar-refractivity contribution is 8.01. The fourth-order valence-corrected chi connectivity index (χ4v) is 4.11. The lowest BCUT2D eigenvalue weighted by Crippen LogP contribution is -2.18. The summed E-state index contributed by atoms with van der Waals surface area (Å²) in [7, 11) is 0. The van der Waals surface area contributed by atoms with Crippen LogP contribution >= 0.6 is 23.1 Å². The van der Waals surface area contributed by atoms with Crippen LogP contribution < -0.4 is 11.1 Å². The lowest BCUT2D eigenvalue weighted by atomic mass is 10.2. The van der Waals surface area contributed by atoms with Gasteiger partial charge < -0.3 is 15.6 Å². The van der Waals surface area contributed by atoms with E-state index in [-0.39, 0.29) is 17.5 Å². The lowest BCUT2D eigenvalue weighted by molar-refractivity contribution is -0.113. The zero-order chi connectivity index (χ0) is 20.3. The second-order valence-electron chi connectivity index (χ2n) is 6.00. The van der Waals surface area contributed by atoms with Crippen molar-refractivity contribution >= 4 is 40.0 Å². The molecule has 7 nitrogen and oxygen atoms in total. The Morgan fingerprint density at radius 3 is 2.68 bits per heavy atom. The Hall–Kier alpha value is -2.90. The standard InChI is InChI=1S/C18H17FN6OS2/c1-10-11(2)25(8-12-3-5-13(19)6-4-12)16(14(10)7-20)22-15(26)9-27-18-24-23-17(21)28-18/h3-6H,8-9H2,1-2H3,(H2,21,23)(H,22,26). The topological polar surface area (TPSA) is 110 Å². The maximum Gasteiger partial charge on any atom is 0.235 e. The van der Waals surface area contributed by atoms with Crippen molar-refractivity contribution in [1.82, 2.24) is 14.8 Å². The minimum atomic E-state index is -0.315. The van der Waals surface area contributed by atoms with Gasteiger partial charge in [-0.2, -0.15) is 5.26 Å². The van der Waals surface area contributed by atoms with E-state index < -0.39 is 0 Å². The Morgan fingerprint density at radius 2 is 2.07 bits per heavy atom. The Balaban J connectivity index is 1.82. The van der Waals surface area contributed by atoms with Crippen molar-refractivity contribution < 1.29 is 9.18 Å². The summed E-state index contributed by atoms with van der Waals surface area (Å²) >= 11 is 2.43. The molecule has 0 saturated heterocycles.